The van der Waals surface area contributed by atoms with Gasteiger partial charge in [0.05, 0.1) is 23.5 Å². The van der Waals surface area contributed by atoms with Gasteiger partial charge in [-0.05, 0) is 45.7 Å². The van der Waals surface area contributed by atoms with Crippen molar-refractivity contribution in [2.24, 2.45) is 5.41 Å². The van der Waals surface area contributed by atoms with E-state index in [-0.39, 0.29) is 23.5 Å². The number of pyridine rings is 1. The summed E-state index contributed by atoms with van der Waals surface area (Å²) in [7, 11) is 0. The van der Waals surface area contributed by atoms with Gasteiger partial charge in [0, 0.05) is 37.2 Å². The third-order valence-electron chi connectivity index (χ3n) is 5.55. The molecule has 2 fully saturated rings. The SMILES string of the molecule is CCO[C@@H]1C[C@H](O)C12CCN(C(=O)c1ccc(C)nc1C)CC2. The van der Waals surface area contributed by atoms with E-state index >= 15 is 0 Å². The molecule has 5 nitrogen and oxygen atoms in total. The van der Waals surface area contributed by atoms with Crippen molar-refractivity contribution in [3.63, 3.8) is 0 Å². The summed E-state index contributed by atoms with van der Waals surface area (Å²) in [6.45, 7) is 7.82. The fourth-order valence-corrected chi connectivity index (χ4v) is 4.03. The Balaban J connectivity index is 1.68. The molecular formula is C18H26N2O3. The Kier molecular flexibility index (Phi) is 4.43. The normalized spacial score (nSPS) is 26.2. The Morgan fingerprint density at radius 1 is 1.39 bits per heavy atom. The molecule has 1 spiro atoms. The predicted molar refractivity (Wildman–Crippen MR) is 87.3 cm³/mol. The second-order valence-corrected chi connectivity index (χ2v) is 6.81. The number of piperidine rings is 1. The van der Waals surface area contributed by atoms with Crippen molar-refractivity contribution < 1.29 is 14.6 Å². The number of carbonyl (C=O) groups is 1. The van der Waals surface area contributed by atoms with Gasteiger partial charge in [-0.3, -0.25) is 9.78 Å². The van der Waals surface area contributed by atoms with Crippen molar-refractivity contribution in [2.45, 2.75) is 52.2 Å². The Morgan fingerprint density at radius 2 is 2.09 bits per heavy atom. The van der Waals surface area contributed by atoms with Gasteiger partial charge >= 0.3 is 0 Å². The Bertz CT molecular complexity index is 592. The van der Waals surface area contributed by atoms with E-state index in [1.54, 1.807) is 0 Å². The number of carbonyl (C=O) groups excluding carboxylic acids is 1. The van der Waals surface area contributed by atoms with Gasteiger partial charge in [-0.2, -0.15) is 0 Å². The summed E-state index contributed by atoms with van der Waals surface area (Å²) in [6, 6.07) is 3.75. The zero-order valence-electron chi connectivity index (χ0n) is 14.2. The number of aliphatic hydroxyl groups excluding tert-OH is 1. The Morgan fingerprint density at radius 3 is 2.65 bits per heavy atom. The largest absolute Gasteiger partial charge is 0.392 e. The minimum atomic E-state index is -0.293. The van der Waals surface area contributed by atoms with E-state index in [9.17, 15) is 9.90 Å². The third kappa shape index (κ3) is 2.76. The molecule has 1 aromatic rings. The molecule has 5 heteroatoms. The Hall–Kier alpha value is -1.46. The van der Waals surface area contributed by atoms with E-state index in [1.807, 2.05) is 37.8 Å². The standard InChI is InChI=1S/C18H26N2O3/c1-4-23-16-11-15(21)18(16)7-9-20(10-8-18)17(22)14-6-5-12(2)19-13(14)3/h5-6,15-16,21H,4,7-11H2,1-3H3/t15-,16+/m0/s1. The molecule has 3 rings (SSSR count). The summed E-state index contributed by atoms with van der Waals surface area (Å²) in [5.74, 6) is 0.0478. The Labute approximate surface area is 137 Å². The number of aryl methyl sites for hydroxylation is 2. The zero-order valence-corrected chi connectivity index (χ0v) is 14.2. The summed E-state index contributed by atoms with van der Waals surface area (Å²) in [5, 5.41) is 10.2. The first kappa shape index (κ1) is 16.4. The van der Waals surface area contributed by atoms with E-state index in [0.717, 1.165) is 30.7 Å². The van der Waals surface area contributed by atoms with Crippen LogP contribution in [0.4, 0.5) is 0 Å². The number of ether oxygens (including phenoxy) is 1. The fraction of sp³-hybridized carbons (Fsp3) is 0.667. The first-order valence-corrected chi connectivity index (χ1v) is 8.51. The van der Waals surface area contributed by atoms with Crippen molar-refractivity contribution in [1.82, 2.24) is 9.88 Å². The molecule has 2 heterocycles. The smallest absolute Gasteiger partial charge is 0.255 e. The summed E-state index contributed by atoms with van der Waals surface area (Å²) < 4.78 is 5.78. The second-order valence-electron chi connectivity index (χ2n) is 6.81. The highest BCUT2D eigenvalue weighted by Crippen LogP contribution is 2.51. The highest BCUT2D eigenvalue weighted by molar-refractivity contribution is 5.95. The molecule has 1 saturated heterocycles. The van der Waals surface area contributed by atoms with E-state index in [1.165, 1.54) is 0 Å². The average Bonchev–Trinajstić information content (AvgIpc) is 2.54. The quantitative estimate of drug-likeness (QED) is 0.927. The lowest BCUT2D eigenvalue weighted by Crippen LogP contribution is -2.62. The number of hydrogen-bond donors (Lipinski definition) is 1. The van der Waals surface area contributed by atoms with Crippen LogP contribution >= 0.6 is 0 Å². The highest BCUT2D eigenvalue weighted by atomic mass is 16.5. The van der Waals surface area contributed by atoms with Crippen LogP contribution in [0.1, 0.15) is 47.9 Å². The number of aliphatic hydroxyl groups is 1. The first-order valence-electron chi connectivity index (χ1n) is 8.51. The third-order valence-corrected chi connectivity index (χ3v) is 5.55. The number of aromatic nitrogens is 1. The maximum absolute atomic E-state index is 12.7. The predicted octanol–water partition coefficient (Wildman–Crippen LogP) is 2.09. The summed E-state index contributed by atoms with van der Waals surface area (Å²) in [4.78, 5) is 19.0. The molecule has 0 aromatic carbocycles. The highest BCUT2D eigenvalue weighted by Gasteiger charge is 2.56. The van der Waals surface area contributed by atoms with Crippen LogP contribution in [0.15, 0.2) is 12.1 Å². The molecule has 126 valence electrons. The number of likely N-dealkylation sites (tertiary alicyclic amines) is 1. The molecule has 0 radical (unpaired) electrons. The van der Waals surface area contributed by atoms with Crippen molar-refractivity contribution in [1.29, 1.82) is 0 Å². The molecule has 0 unspecified atom stereocenters. The topological polar surface area (TPSA) is 62.7 Å². The first-order chi connectivity index (χ1) is 11.0. The lowest BCUT2D eigenvalue weighted by atomic mass is 9.58. The second kappa shape index (κ2) is 6.21. The van der Waals surface area contributed by atoms with E-state index in [0.29, 0.717) is 25.3 Å². The van der Waals surface area contributed by atoms with E-state index in [2.05, 4.69) is 4.98 Å². The summed E-state index contributed by atoms with van der Waals surface area (Å²) in [6.07, 6.45) is 2.19. The summed E-state index contributed by atoms with van der Waals surface area (Å²) in [5.41, 5.74) is 2.25. The fourth-order valence-electron chi connectivity index (χ4n) is 4.03. The van der Waals surface area contributed by atoms with Crippen molar-refractivity contribution >= 4 is 5.91 Å². The van der Waals surface area contributed by atoms with Crippen molar-refractivity contribution in [2.75, 3.05) is 19.7 Å². The van der Waals surface area contributed by atoms with E-state index in [4.69, 9.17) is 4.74 Å². The molecule has 2 aliphatic rings. The van der Waals surface area contributed by atoms with Crippen LogP contribution < -0.4 is 0 Å². The lowest BCUT2D eigenvalue weighted by Gasteiger charge is -2.56. The number of amides is 1. The molecule has 1 N–H and O–H groups in total. The molecule has 1 aromatic heterocycles. The molecule has 0 bridgehead atoms. The zero-order chi connectivity index (χ0) is 16.6. The minimum Gasteiger partial charge on any atom is -0.392 e. The van der Waals surface area contributed by atoms with Crippen LogP contribution in [0.5, 0.6) is 0 Å². The van der Waals surface area contributed by atoms with Crippen LogP contribution in [0.2, 0.25) is 0 Å². The van der Waals surface area contributed by atoms with Crippen LogP contribution in [-0.4, -0.2) is 52.8 Å². The van der Waals surface area contributed by atoms with Crippen LogP contribution in [0, 0.1) is 19.3 Å². The summed E-state index contributed by atoms with van der Waals surface area (Å²) >= 11 is 0. The monoisotopic (exact) mass is 318 g/mol. The number of rotatable bonds is 3. The van der Waals surface area contributed by atoms with Crippen LogP contribution in [0.3, 0.4) is 0 Å². The number of hydrogen-bond acceptors (Lipinski definition) is 4. The van der Waals surface area contributed by atoms with Crippen molar-refractivity contribution in [3.8, 4) is 0 Å². The molecule has 23 heavy (non-hydrogen) atoms. The van der Waals surface area contributed by atoms with Gasteiger partial charge in [-0.25, -0.2) is 0 Å². The maximum atomic E-state index is 12.7. The number of nitrogens with zero attached hydrogens (tertiary/aromatic N) is 2. The lowest BCUT2D eigenvalue weighted by molar-refractivity contribution is -0.207. The van der Waals surface area contributed by atoms with Gasteiger partial charge in [-0.1, -0.05) is 0 Å². The maximum Gasteiger partial charge on any atom is 0.255 e. The van der Waals surface area contributed by atoms with Gasteiger partial charge in [-0.15, -0.1) is 0 Å². The van der Waals surface area contributed by atoms with Crippen LogP contribution in [0.25, 0.3) is 0 Å². The van der Waals surface area contributed by atoms with Gasteiger partial charge in [0.2, 0.25) is 0 Å². The molecule has 1 aliphatic heterocycles. The van der Waals surface area contributed by atoms with Gasteiger partial charge in [0.25, 0.3) is 5.91 Å². The van der Waals surface area contributed by atoms with Crippen LogP contribution in [-0.2, 0) is 4.74 Å². The molecular weight excluding hydrogens is 292 g/mol. The van der Waals surface area contributed by atoms with Crippen molar-refractivity contribution in [3.05, 3.63) is 29.1 Å². The molecule has 1 amide bonds. The average molecular weight is 318 g/mol. The minimum absolute atomic E-state index is 0.0478. The molecule has 2 atom stereocenters. The van der Waals surface area contributed by atoms with Gasteiger partial charge < -0.3 is 14.7 Å². The van der Waals surface area contributed by atoms with E-state index < -0.39 is 0 Å². The molecule has 1 aliphatic carbocycles. The van der Waals surface area contributed by atoms with Gasteiger partial charge in [0.1, 0.15) is 0 Å². The van der Waals surface area contributed by atoms with Gasteiger partial charge in [0.15, 0.2) is 0 Å². The molecule has 1 saturated carbocycles.